The van der Waals surface area contributed by atoms with E-state index in [9.17, 15) is 4.79 Å². The second kappa shape index (κ2) is 6.35. The standard InChI is InChI=1S/C19H21ClN6O/c20-14-4-2-1-3-13(14)10-26-16-15(23-18(26)27)9-22-17(24-16)25-11-19(12-25)5-7-21-8-6-19/h1-4,9,21H,5-8,10-12H2,(H,23,27). The minimum Gasteiger partial charge on any atom is -0.340 e. The molecular formula is C19H21ClN6O. The highest BCUT2D eigenvalue weighted by Gasteiger charge is 2.44. The largest absolute Gasteiger partial charge is 0.340 e. The van der Waals surface area contributed by atoms with Gasteiger partial charge >= 0.3 is 5.69 Å². The smallest absolute Gasteiger partial charge is 0.328 e. The van der Waals surface area contributed by atoms with Crippen molar-refractivity contribution in [1.29, 1.82) is 0 Å². The highest BCUT2D eigenvalue weighted by atomic mass is 35.5. The van der Waals surface area contributed by atoms with Gasteiger partial charge in [-0.1, -0.05) is 29.8 Å². The molecule has 2 aliphatic heterocycles. The minimum atomic E-state index is -0.199. The zero-order valence-corrected chi connectivity index (χ0v) is 15.7. The molecule has 27 heavy (non-hydrogen) atoms. The Kier molecular flexibility index (Phi) is 3.94. The number of aromatic amines is 1. The first-order valence-electron chi connectivity index (χ1n) is 9.28. The number of rotatable bonds is 3. The van der Waals surface area contributed by atoms with E-state index in [1.807, 2.05) is 24.3 Å². The number of anilines is 1. The number of benzene rings is 1. The molecule has 0 aliphatic carbocycles. The lowest BCUT2D eigenvalue weighted by atomic mass is 9.72. The van der Waals surface area contributed by atoms with Crippen molar-refractivity contribution < 1.29 is 0 Å². The van der Waals surface area contributed by atoms with E-state index in [2.05, 4.69) is 20.2 Å². The maximum atomic E-state index is 12.4. The van der Waals surface area contributed by atoms with Crippen LogP contribution in [0.1, 0.15) is 18.4 Å². The Labute approximate surface area is 161 Å². The van der Waals surface area contributed by atoms with Gasteiger partial charge < -0.3 is 15.2 Å². The van der Waals surface area contributed by atoms with Crippen LogP contribution in [0.15, 0.2) is 35.3 Å². The molecule has 5 rings (SSSR count). The summed E-state index contributed by atoms with van der Waals surface area (Å²) in [6.45, 7) is 4.52. The highest BCUT2D eigenvalue weighted by molar-refractivity contribution is 6.31. The molecule has 1 spiro atoms. The molecule has 0 radical (unpaired) electrons. The fourth-order valence-electron chi connectivity index (χ4n) is 4.21. The Bertz CT molecular complexity index is 1040. The van der Waals surface area contributed by atoms with Gasteiger partial charge in [0.1, 0.15) is 5.52 Å². The normalized spacial score (nSPS) is 18.8. The summed E-state index contributed by atoms with van der Waals surface area (Å²) in [6.07, 6.45) is 4.11. The second-order valence-corrected chi connectivity index (χ2v) is 8.03. The first-order valence-corrected chi connectivity index (χ1v) is 9.66. The van der Waals surface area contributed by atoms with Crippen molar-refractivity contribution in [3.05, 3.63) is 51.5 Å². The van der Waals surface area contributed by atoms with Gasteiger partial charge in [0.25, 0.3) is 0 Å². The van der Waals surface area contributed by atoms with E-state index in [1.165, 1.54) is 12.8 Å². The molecule has 7 nitrogen and oxygen atoms in total. The number of aromatic nitrogens is 4. The summed E-state index contributed by atoms with van der Waals surface area (Å²) in [7, 11) is 0. The van der Waals surface area contributed by atoms with Gasteiger partial charge in [-0.05, 0) is 37.6 Å². The summed E-state index contributed by atoms with van der Waals surface area (Å²) >= 11 is 6.27. The van der Waals surface area contributed by atoms with Crippen LogP contribution in [-0.2, 0) is 6.54 Å². The van der Waals surface area contributed by atoms with Gasteiger partial charge in [0, 0.05) is 23.5 Å². The lowest BCUT2D eigenvalue weighted by Gasteiger charge is -2.52. The summed E-state index contributed by atoms with van der Waals surface area (Å²) in [5.74, 6) is 0.693. The van der Waals surface area contributed by atoms with Crippen molar-refractivity contribution in [3.63, 3.8) is 0 Å². The van der Waals surface area contributed by atoms with Crippen molar-refractivity contribution >= 4 is 28.7 Å². The van der Waals surface area contributed by atoms with Gasteiger partial charge in [0.15, 0.2) is 5.65 Å². The van der Waals surface area contributed by atoms with Gasteiger partial charge in [-0.15, -0.1) is 0 Å². The third-order valence-electron chi connectivity index (χ3n) is 5.78. The Morgan fingerprint density at radius 1 is 1.19 bits per heavy atom. The van der Waals surface area contributed by atoms with Gasteiger partial charge in [0.2, 0.25) is 5.95 Å². The first kappa shape index (κ1) is 16.8. The van der Waals surface area contributed by atoms with Gasteiger partial charge in [-0.25, -0.2) is 9.78 Å². The van der Waals surface area contributed by atoms with Crippen molar-refractivity contribution in [2.24, 2.45) is 5.41 Å². The quantitative estimate of drug-likeness (QED) is 0.722. The van der Waals surface area contributed by atoms with E-state index in [1.54, 1.807) is 10.8 Å². The van der Waals surface area contributed by atoms with Crippen LogP contribution in [0, 0.1) is 5.41 Å². The number of halogens is 1. The van der Waals surface area contributed by atoms with E-state index in [4.69, 9.17) is 16.6 Å². The molecule has 0 saturated carbocycles. The SMILES string of the molecule is O=c1[nH]c2cnc(N3CC4(CCNCC4)C3)nc2n1Cc1ccccc1Cl. The lowest BCUT2D eigenvalue weighted by Crippen LogP contribution is -2.60. The van der Waals surface area contributed by atoms with E-state index < -0.39 is 0 Å². The van der Waals surface area contributed by atoms with Gasteiger partial charge in [0.05, 0.1) is 12.7 Å². The van der Waals surface area contributed by atoms with E-state index in [0.29, 0.717) is 34.1 Å². The maximum Gasteiger partial charge on any atom is 0.328 e. The topological polar surface area (TPSA) is 78.8 Å². The summed E-state index contributed by atoms with van der Waals surface area (Å²) in [5.41, 5.74) is 2.36. The molecule has 1 aromatic carbocycles. The molecule has 0 bridgehead atoms. The minimum absolute atomic E-state index is 0.199. The van der Waals surface area contributed by atoms with Crippen LogP contribution in [0.25, 0.3) is 11.2 Å². The molecule has 2 saturated heterocycles. The number of H-pyrrole nitrogens is 1. The maximum absolute atomic E-state index is 12.4. The Hall–Kier alpha value is -2.38. The molecule has 0 amide bonds. The molecule has 2 aliphatic rings. The van der Waals surface area contributed by atoms with Gasteiger partial charge in [-0.2, -0.15) is 4.98 Å². The third kappa shape index (κ3) is 2.91. The van der Waals surface area contributed by atoms with Crippen LogP contribution < -0.4 is 15.9 Å². The molecule has 140 valence electrons. The molecular weight excluding hydrogens is 364 g/mol. The summed E-state index contributed by atoms with van der Waals surface area (Å²) in [5, 5.41) is 4.06. The number of fused-ring (bicyclic) bond motifs is 1. The average molecular weight is 385 g/mol. The fourth-order valence-corrected chi connectivity index (χ4v) is 4.41. The molecule has 4 heterocycles. The predicted octanol–water partition coefficient (Wildman–Crippen LogP) is 2.01. The summed E-state index contributed by atoms with van der Waals surface area (Å²) in [6, 6.07) is 7.55. The molecule has 0 atom stereocenters. The molecule has 3 aromatic rings. The molecule has 0 unspecified atom stereocenters. The Balaban J connectivity index is 1.45. The van der Waals surface area contributed by atoms with E-state index in [-0.39, 0.29) is 5.69 Å². The average Bonchev–Trinajstić information content (AvgIpc) is 2.97. The monoisotopic (exact) mass is 384 g/mol. The van der Waals surface area contributed by atoms with Crippen molar-refractivity contribution in [2.45, 2.75) is 19.4 Å². The Morgan fingerprint density at radius 2 is 1.96 bits per heavy atom. The predicted molar refractivity (Wildman–Crippen MR) is 105 cm³/mol. The lowest BCUT2D eigenvalue weighted by molar-refractivity contribution is 0.148. The molecule has 2 N–H and O–H groups in total. The van der Waals surface area contributed by atoms with Crippen molar-refractivity contribution in [2.75, 3.05) is 31.1 Å². The number of hydrogen-bond acceptors (Lipinski definition) is 5. The van der Waals surface area contributed by atoms with Crippen LogP contribution in [0.4, 0.5) is 5.95 Å². The highest BCUT2D eigenvalue weighted by Crippen LogP contribution is 2.40. The number of imidazole rings is 1. The third-order valence-corrected chi connectivity index (χ3v) is 6.15. The number of piperidine rings is 1. The molecule has 2 aromatic heterocycles. The second-order valence-electron chi connectivity index (χ2n) is 7.62. The van der Waals surface area contributed by atoms with Crippen LogP contribution in [0.2, 0.25) is 5.02 Å². The Morgan fingerprint density at radius 3 is 2.74 bits per heavy atom. The first-order chi connectivity index (χ1) is 13.1. The fraction of sp³-hybridized carbons (Fsp3) is 0.421. The molecule has 2 fully saturated rings. The molecule has 8 heteroatoms. The summed E-state index contributed by atoms with van der Waals surface area (Å²) < 4.78 is 1.63. The zero-order valence-electron chi connectivity index (χ0n) is 14.9. The zero-order chi connectivity index (χ0) is 18.4. The number of hydrogen-bond donors (Lipinski definition) is 2. The van der Waals surface area contributed by atoms with Crippen LogP contribution >= 0.6 is 11.6 Å². The van der Waals surface area contributed by atoms with E-state index in [0.717, 1.165) is 31.7 Å². The number of nitrogens with one attached hydrogen (secondary N) is 2. The van der Waals surface area contributed by atoms with Gasteiger partial charge in [-0.3, -0.25) is 4.57 Å². The van der Waals surface area contributed by atoms with Crippen LogP contribution in [0.5, 0.6) is 0 Å². The van der Waals surface area contributed by atoms with Crippen molar-refractivity contribution in [1.82, 2.24) is 24.8 Å². The summed E-state index contributed by atoms with van der Waals surface area (Å²) in [4.78, 5) is 26.7. The van der Waals surface area contributed by atoms with E-state index >= 15 is 0 Å². The van der Waals surface area contributed by atoms with Crippen molar-refractivity contribution in [3.8, 4) is 0 Å². The number of nitrogens with zero attached hydrogens (tertiary/aromatic N) is 4. The van der Waals surface area contributed by atoms with Crippen LogP contribution in [-0.4, -0.2) is 45.7 Å². The van der Waals surface area contributed by atoms with Crippen LogP contribution in [0.3, 0.4) is 0 Å².